The molecule has 2 aliphatic heterocycles. The molecule has 5 rings (SSSR count). The number of piperidine rings is 1. The largest absolute Gasteiger partial charge is 0.490 e. The molecule has 2 aromatic heterocycles. The van der Waals surface area contributed by atoms with Gasteiger partial charge in [0, 0.05) is 31.7 Å². The highest BCUT2D eigenvalue weighted by Gasteiger charge is 2.39. The first-order chi connectivity index (χ1) is 17.8. The van der Waals surface area contributed by atoms with Crippen LogP contribution in [-0.4, -0.2) is 63.4 Å². The van der Waals surface area contributed by atoms with Crippen molar-refractivity contribution in [2.24, 2.45) is 0 Å². The summed E-state index contributed by atoms with van der Waals surface area (Å²) in [6.45, 7) is 1.67. The summed E-state index contributed by atoms with van der Waals surface area (Å²) < 4.78 is 45.2. The molecule has 2 amide bonds. The molecule has 0 saturated carbocycles. The van der Waals surface area contributed by atoms with Crippen LogP contribution in [0, 0.1) is 0 Å². The maximum Gasteiger partial charge on any atom is 0.416 e. The number of aliphatic hydroxyl groups excluding tert-OH is 1. The number of hydrogen-bond donors (Lipinski definition) is 2. The molecule has 194 valence electrons. The van der Waals surface area contributed by atoms with Crippen molar-refractivity contribution < 1.29 is 27.8 Å². The van der Waals surface area contributed by atoms with E-state index in [1.807, 2.05) is 0 Å². The van der Waals surface area contributed by atoms with E-state index in [-0.39, 0.29) is 30.0 Å². The number of anilines is 3. The summed E-state index contributed by atoms with van der Waals surface area (Å²) in [7, 11) is 0. The van der Waals surface area contributed by atoms with Gasteiger partial charge in [0.05, 0.1) is 42.5 Å². The fourth-order valence-electron chi connectivity index (χ4n) is 4.43. The molecule has 1 aromatic carbocycles. The van der Waals surface area contributed by atoms with Gasteiger partial charge < -0.3 is 14.7 Å². The van der Waals surface area contributed by atoms with E-state index >= 15 is 0 Å². The molecule has 0 radical (unpaired) electrons. The first-order valence-corrected chi connectivity index (χ1v) is 11.8. The maximum atomic E-state index is 13.4. The van der Waals surface area contributed by atoms with Crippen molar-refractivity contribution in [1.82, 2.24) is 19.9 Å². The molecule has 1 saturated heterocycles. The van der Waals surface area contributed by atoms with Gasteiger partial charge in [-0.2, -0.15) is 13.2 Å². The lowest BCUT2D eigenvalue weighted by molar-refractivity contribution is -0.137. The number of urea groups is 1. The molecule has 1 unspecified atom stereocenters. The second kappa shape index (κ2) is 10.2. The van der Waals surface area contributed by atoms with E-state index in [1.165, 1.54) is 29.4 Å². The zero-order valence-corrected chi connectivity index (χ0v) is 19.6. The Morgan fingerprint density at radius 2 is 2.00 bits per heavy atom. The van der Waals surface area contributed by atoms with Crippen LogP contribution in [0.3, 0.4) is 0 Å². The number of aromatic nitrogens is 4. The van der Waals surface area contributed by atoms with Crippen LogP contribution in [0.1, 0.15) is 24.8 Å². The molecule has 0 spiro atoms. The first kappa shape index (κ1) is 24.7. The lowest BCUT2D eigenvalue weighted by atomic mass is 10.0. The van der Waals surface area contributed by atoms with E-state index in [0.29, 0.717) is 36.8 Å². The van der Waals surface area contributed by atoms with Gasteiger partial charge in [0.15, 0.2) is 17.4 Å². The second-order valence-corrected chi connectivity index (χ2v) is 8.69. The predicted molar refractivity (Wildman–Crippen MR) is 128 cm³/mol. The summed E-state index contributed by atoms with van der Waals surface area (Å²) in [5, 5.41) is 11.5. The first-order valence-electron chi connectivity index (χ1n) is 11.8. The van der Waals surface area contributed by atoms with E-state index in [9.17, 15) is 18.0 Å². The van der Waals surface area contributed by atoms with Crippen molar-refractivity contribution >= 4 is 23.5 Å². The Morgan fingerprint density at radius 3 is 2.76 bits per heavy atom. The minimum Gasteiger partial charge on any atom is -0.490 e. The number of benzene rings is 1. The highest BCUT2D eigenvalue weighted by Crippen LogP contribution is 2.39. The quantitative estimate of drug-likeness (QED) is 0.477. The molecule has 4 heterocycles. The molecule has 2 aliphatic rings. The van der Waals surface area contributed by atoms with Crippen molar-refractivity contribution in [3.05, 3.63) is 48.4 Å². The number of fused-ring (bicyclic) bond motifs is 4. The number of alkyl halides is 3. The summed E-state index contributed by atoms with van der Waals surface area (Å²) in [6.07, 6.45) is 1.95. The monoisotopic (exact) mass is 515 g/mol. The van der Waals surface area contributed by atoms with Gasteiger partial charge in [0.1, 0.15) is 0 Å². The number of halogens is 3. The number of nitrogens with zero attached hydrogens (tertiary/aromatic N) is 6. The van der Waals surface area contributed by atoms with Gasteiger partial charge in [-0.3, -0.25) is 10.2 Å². The lowest BCUT2D eigenvalue weighted by Crippen LogP contribution is -2.56. The average molecular weight is 515 g/mol. The van der Waals surface area contributed by atoms with Crippen LogP contribution in [0.4, 0.5) is 35.4 Å². The summed E-state index contributed by atoms with van der Waals surface area (Å²) in [4.78, 5) is 34.1. The molecule has 10 nitrogen and oxygen atoms in total. The van der Waals surface area contributed by atoms with E-state index in [0.717, 1.165) is 31.5 Å². The van der Waals surface area contributed by atoms with Gasteiger partial charge >= 0.3 is 12.2 Å². The molecule has 2 bridgehead atoms. The van der Waals surface area contributed by atoms with Crippen molar-refractivity contribution in [3.63, 3.8) is 0 Å². The van der Waals surface area contributed by atoms with Crippen molar-refractivity contribution in [2.75, 3.05) is 41.4 Å². The summed E-state index contributed by atoms with van der Waals surface area (Å²) in [6, 6.07) is 4.10. The smallest absolute Gasteiger partial charge is 0.416 e. The van der Waals surface area contributed by atoms with Crippen molar-refractivity contribution in [1.29, 1.82) is 0 Å². The summed E-state index contributed by atoms with van der Waals surface area (Å²) in [5.74, 6) is 0.867. The standard InChI is InChI=1S/C24H24F3N7O3/c25-24(26,27)16-5-1-4-15(10-16)20-28-13-19-21(31-20)34(17-6-2-7-33(19)14-17)23(36)32-22-29-11-18(12-30-22)37-9-3-8-35/h1,4-5,10-13,17,35H,2-3,6-9,14H2,(H,29,30,32,36). The van der Waals surface area contributed by atoms with Crippen LogP contribution in [0.25, 0.3) is 11.4 Å². The topological polar surface area (TPSA) is 117 Å². The predicted octanol–water partition coefficient (Wildman–Crippen LogP) is 3.73. The number of nitrogens with one attached hydrogen (secondary N) is 1. The normalized spacial score (nSPS) is 16.8. The number of amides is 2. The Labute approximate surface area is 210 Å². The van der Waals surface area contributed by atoms with Crippen LogP contribution in [-0.2, 0) is 6.18 Å². The van der Waals surface area contributed by atoms with Crippen LogP contribution < -0.4 is 19.9 Å². The second-order valence-electron chi connectivity index (χ2n) is 8.69. The number of rotatable bonds is 6. The van der Waals surface area contributed by atoms with Gasteiger partial charge in [0.25, 0.3) is 0 Å². The minimum atomic E-state index is -4.50. The zero-order valence-electron chi connectivity index (χ0n) is 19.6. The molecule has 1 atom stereocenters. The van der Waals surface area contributed by atoms with Crippen LogP contribution in [0.15, 0.2) is 42.9 Å². The summed E-state index contributed by atoms with van der Waals surface area (Å²) >= 11 is 0. The molecule has 3 aromatic rings. The SMILES string of the molecule is O=C(Nc1ncc(OCCCO)cn1)N1c2nc(-c3cccc(C(F)(F)F)c3)ncc2N2CCCC1C2. The van der Waals surface area contributed by atoms with E-state index in [1.54, 1.807) is 6.20 Å². The number of carbonyl (C=O) groups excluding carboxylic acids is 1. The van der Waals surface area contributed by atoms with Gasteiger partial charge in [-0.25, -0.2) is 24.7 Å². The Balaban J connectivity index is 1.43. The molecular formula is C24H24F3N7O3. The Hall–Kier alpha value is -4.00. The van der Waals surface area contributed by atoms with Gasteiger partial charge in [0.2, 0.25) is 5.95 Å². The maximum absolute atomic E-state index is 13.4. The molecule has 1 fully saturated rings. The van der Waals surface area contributed by atoms with Gasteiger partial charge in [-0.1, -0.05) is 12.1 Å². The van der Waals surface area contributed by atoms with Gasteiger partial charge in [-0.05, 0) is 25.0 Å². The number of aliphatic hydroxyl groups is 1. The highest BCUT2D eigenvalue weighted by molar-refractivity contribution is 6.03. The molecule has 2 N–H and O–H groups in total. The van der Waals surface area contributed by atoms with Crippen LogP contribution in [0.5, 0.6) is 5.75 Å². The number of ether oxygens (including phenoxy) is 1. The third-order valence-corrected chi connectivity index (χ3v) is 6.17. The van der Waals surface area contributed by atoms with E-state index < -0.39 is 17.8 Å². The van der Waals surface area contributed by atoms with Gasteiger partial charge in [-0.15, -0.1) is 0 Å². The van der Waals surface area contributed by atoms with E-state index in [4.69, 9.17) is 9.84 Å². The van der Waals surface area contributed by atoms with Crippen LogP contribution >= 0.6 is 0 Å². The minimum absolute atomic E-state index is 0.00390. The Morgan fingerprint density at radius 1 is 1.19 bits per heavy atom. The molecular weight excluding hydrogens is 491 g/mol. The Bertz CT molecular complexity index is 1270. The number of carbonyl (C=O) groups is 1. The molecule has 13 heteroatoms. The lowest BCUT2D eigenvalue weighted by Gasteiger charge is -2.45. The fourth-order valence-corrected chi connectivity index (χ4v) is 4.43. The third-order valence-electron chi connectivity index (χ3n) is 6.17. The average Bonchev–Trinajstić information content (AvgIpc) is 2.89. The Kier molecular flexibility index (Phi) is 6.78. The van der Waals surface area contributed by atoms with Crippen molar-refractivity contribution in [2.45, 2.75) is 31.5 Å². The molecule has 37 heavy (non-hydrogen) atoms. The zero-order chi connectivity index (χ0) is 26.0. The fraction of sp³-hybridized carbons (Fsp3) is 0.375. The third kappa shape index (κ3) is 5.26. The van der Waals surface area contributed by atoms with Crippen molar-refractivity contribution in [3.8, 4) is 17.1 Å². The van der Waals surface area contributed by atoms with Crippen LogP contribution in [0.2, 0.25) is 0 Å². The highest BCUT2D eigenvalue weighted by atomic mass is 19.4. The molecule has 0 aliphatic carbocycles. The summed E-state index contributed by atoms with van der Waals surface area (Å²) in [5.41, 5.74) is 0.0293. The number of hydrogen-bond acceptors (Lipinski definition) is 8. The van der Waals surface area contributed by atoms with E-state index in [2.05, 4.69) is 30.2 Å².